The Morgan fingerprint density at radius 2 is 1.86 bits per heavy atom. The summed E-state index contributed by atoms with van der Waals surface area (Å²) in [4.78, 5) is 25.4. The van der Waals surface area contributed by atoms with Crippen LogP contribution in [0.2, 0.25) is 0 Å². The molecular weight excluding hydrogens is 358 g/mol. The maximum atomic E-state index is 12.7. The third kappa shape index (κ3) is 4.17. The summed E-state index contributed by atoms with van der Waals surface area (Å²) in [5.74, 6) is -0.0565. The lowest BCUT2D eigenvalue weighted by Crippen LogP contribution is -2.49. The lowest BCUT2D eigenvalue weighted by atomic mass is 10.1. The molecule has 3 atom stereocenters. The molecule has 2 aliphatic rings. The summed E-state index contributed by atoms with van der Waals surface area (Å²) in [7, 11) is 0. The standard InChI is InChI=1S/C22H23NO5/c24-21(23-10-11-27-20(13-23)22(25)26)19-12-18(19)16-6-8-17(9-7-16)28-14-15-4-2-1-3-5-15/h1-9,18-20H,10-14H2,(H,25,26)/t18-,19-,20-/m0/s1. The van der Waals surface area contributed by atoms with Crippen molar-refractivity contribution in [3.63, 3.8) is 0 Å². The number of amides is 1. The van der Waals surface area contributed by atoms with E-state index in [0.29, 0.717) is 13.2 Å². The number of rotatable bonds is 6. The van der Waals surface area contributed by atoms with Crippen molar-refractivity contribution in [2.45, 2.75) is 25.0 Å². The highest BCUT2D eigenvalue weighted by Gasteiger charge is 2.46. The monoisotopic (exact) mass is 381 g/mol. The number of carbonyl (C=O) groups excluding carboxylic acids is 1. The quantitative estimate of drug-likeness (QED) is 0.833. The highest BCUT2D eigenvalue weighted by molar-refractivity contribution is 5.84. The van der Waals surface area contributed by atoms with Crippen molar-refractivity contribution in [2.24, 2.45) is 5.92 Å². The van der Waals surface area contributed by atoms with Crippen LogP contribution in [0.4, 0.5) is 0 Å². The molecule has 0 radical (unpaired) electrons. The Hall–Kier alpha value is -2.86. The van der Waals surface area contributed by atoms with Crippen LogP contribution in [0.5, 0.6) is 5.75 Å². The van der Waals surface area contributed by atoms with E-state index >= 15 is 0 Å². The van der Waals surface area contributed by atoms with Crippen molar-refractivity contribution >= 4 is 11.9 Å². The van der Waals surface area contributed by atoms with Crippen LogP contribution >= 0.6 is 0 Å². The van der Waals surface area contributed by atoms with Gasteiger partial charge in [-0.05, 0) is 35.6 Å². The van der Waals surface area contributed by atoms with E-state index in [0.717, 1.165) is 23.3 Å². The molecule has 0 unspecified atom stereocenters. The summed E-state index contributed by atoms with van der Waals surface area (Å²) in [5.41, 5.74) is 2.23. The van der Waals surface area contributed by atoms with Crippen LogP contribution in [-0.2, 0) is 20.9 Å². The molecule has 1 heterocycles. The summed E-state index contributed by atoms with van der Waals surface area (Å²) in [6, 6.07) is 17.9. The van der Waals surface area contributed by atoms with Gasteiger partial charge in [-0.25, -0.2) is 4.79 Å². The molecule has 2 aromatic carbocycles. The second kappa shape index (κ2) is 8.02. The van der Waals surface area contributed by atoms with Gasteiger partial charge in [-0.2, -0.15) is 0 Å². The van der Waals surface area contributed by atoms with Gasteiger partial charge in [0.15, 0.2) is 6.10 Å². The van der Waals surface area contributed by atoms with Gasteiger partial charge in [0.2, 0.25) is 5.91 Å². The Morgan fingerprint density at radius 1 is 1.11 bits per heavy atom. The smallest absolute Gasteiger partial charge is 0.334 e. The minimum atomic E-state index is -1.02. The van der Waals surface area contributed by atoms with E-state index in [9.17, 15) is 9.59 Å². The number of carboxylic acid groups (broad SMARTS) is 1. The van der Waals surface area contributed by atoms with Gasteiger partial charge < -0.3 is 19.5 Å². The minimum absolute atomic E-state index is 0.0314. The van der Waals surface area contributed by atoms with Gasteiger partial charge >= 0.3 is 5.97 Å². The number of benzene rings is 2. The van der Waals surface area contributed by atoms with Crippen molar-refractivity contribution in [1.82, 2.24) is 4.90 Å². The van der Waals surface area contributed by atoms with Crippen LogP contribution in [0.15, 0.2) is 54.6 Å². The fraction of sp³-hybridized carbons (Fsp3) is 0.364. The molecule has 1 N–H and O–H groups in total. The van der Waals surface area contributed by atoms with E-state index in [-0.39, 0.29) is 30.9 Å². The number of hydrogen-bond donors (Lipinski definition) is 1. The van der Waals surface area contributed by atoms with Gasteiger partial charge in [0.05, 0.1) is 13.2 Å². The van der Waals surface area contributed by atoms with E-state index < -0.39 is 12.1 Å². The summed E-state index contributed by atoms with van der Waals surface area (Å²) in [5, 5.41) is 9.09. The average molecular weight is 381 g/mol. The summed E-state index contributed by atoms with van der Waals surface area (Å²) in [6.45, 7) is 1.38. The van der Waals surface area contributed by atoms with Crippen molar-refractivity contribution < 1.29 is 24.2 Å². The maximum absolute atomic E-state index is 12.7. The largest absolute Gasteiger partial charge is 0.489 e. The van der Waals surface area contributed by atoms with Crippen LogP contribution in [0, 0.1) is 5.92 Å². The second-order valence-corrected chi connectivity index (χ2v) is 7.27. The Morgan fingerprint density at radius 3 is 2.57 bits per heavy atom. The summed E-state index contributed by atoms with van der Waals surface area (Å²) < 4.78 is 11.0. The Bertz CT molecular complexity index is 836. The van der Waals surface area contributed by atoms with Gasteiger partial charge in [0, 0.05) is 12.5 Å². The first-order valence-electron chi connectivity index (χ1n) is 9.51. The molecule has 0 spiro atoms. The Balaban J connectivity index is 1.31. The van der Waals surface area contributed by atoms with Gasteiger partial charge in [0.25, 0.3) is 0 Å². The minimum Gasteiger partial charge on any atom is -0.489 e. The molecular formula is C22H23NO5. The molecule has 6 heteroatoms. The molecule has 2 fully saturated rings. The molecule has 28 heavy (non-hydrogen) atoms. The predicted molar refractivity (Wildman–Crippen MR) is 102 cm³/mol. The molecule has 1 aliphatic carbocycles. The highest BCUT2D eigenvalue weighted by atomic mass is 16.5. The fourth-order valence-electron chi connectivity index (χ4n) is 3.62. The van der Waals surface area contributed by atoms with E-state index in [1.807, 2.05) is 54.6 Å². The SMILES string of the molecule is O=C(O)[C@@H]1CN(C(=O)[C@H]2C[C@H]2c2ccc(OCc3ccccc3)cc2)CCO1. The molecule has 1 amide bonds. The molecule has 1 saturated carbocycles. The van der Waals surface area contributed by atoms with Crippen molar-refractivity contribution in [3.05, 3.63) is 65.7 Å². The third-order valence-corrected chi connectivity index (χ3v) is 5.32. The van der Waals surface area contributed by atoms with Crippen LogP contribution < -0.4 is 4.74 Å². The molecule has 0 bridgehead atoms. The van der Waals surface area contributed by atoms with Crippen molar-refractivity contribution in [3.8, 4) is 5.75 Å². The summed E-state index contributed by atoms with van der Waals surface area (Å²) in [6.07, 6.45) is -0.117. The molecule has 2 aromatic rings. The van der Waals surface area contributed by atoms with Crippen molar-refractivity contribution in [2.75, 3.05) is 19.7 Å². The van der Waals surface area contributed by atoms with Crippen molar-refractivity contribution in [1.29, 1.82) is 0 Å². The van der Waals surface area contributed by atoms with Crippen LogP contribution in [0.25, 0.3) is 0 Å². The van der Waals surface area contributed by atoms with Gasteiger partial charge in [0.1, 0.15) is 12.4 Å². The van der Waals surface area contributed by atoms with E-state index in [4.69, 9.17) is 14.6 Å². The Labute approximate surface area is 163 Å². The zero-order chi connectivity index (χ0) is 19.5. The van der Waals surface area contributed by atoms with Crippen LogP contribution in [0.1, 0.15) is 23.5 Å². The Kier molecular flexibility index (Phi) is 5.30. The van der Waals surface area contributed by atoms with Gasteiger partial charge in [-0.3, -0.25) is 4.79 Å². The second-order valence-electron chi connectivity index (χ2n) is 7.27. The number of aliphatic carboxylic acids is 1. The normalized spacial score (nSPS) is 23.9. The average Bonchev–Trinajstić information content (AvgIpc) is 3.54. The summed E-state index contributed by atoms with van der Waals surface area (Å²) >= 11 is 0. The fourth-order valence-corrected chi connectivity index (χ4v) is 3.62. The molecule has 4 rings (SSSR count). The highest BCUT2D eigenvalue weighted by Crippen LogP contribution is 2.48. The zero-order valence-electron chi connectivity index (χ0n) is 15.5. The molecule has 1 saturated heterocycles. The first-order valence-corrected chi connectivity index (χ1v) is 9.51. The predicted octanol–water partition coefficient (Wildman–Crippen LogP) is 2.68. The first-order chi connectivity index (χ1) is 13.6. The van der Waals surface area contributed by atoms with E-state index in [1.54, 1.807) is 4.90 Å². The van der Waals surface area contributed by atoms with Crippen LogP contribution in [-0.4, -0.2) is 47.7 Å². The first kappa shape index (κ1) is 18.5. The lowest BCUT2D eigenvalue weighted by molar-refractivity contribution is -0.159. The maximum Gasteiger partial charge on any atom is 0.334 e. The number of nitrogens with zero attached hydrogens (tertiary/aromatic N) is 1. The van der Waals surface area contributed by atoms with Gasteiger partial charge in [-0.15, -0.1) is 0 Å². The lowest BCUT2D eigenvalue weighted by Gasteiger charge is -2.31. The number of carboxylic acids is 1. The third-order valence-electron chi connectivity index (χ3n) is 5.32. The number of carbonyl (C=O) groups is 2. The molecule has 146 valence electrons. The number of hydrogen-bond acceptors (Lipinski definition) is 4. The van der Waals surface area contributed by atoms with Crippen LogP contribution in [0.3, 0.4) is 0 Å². The number of ether oxygens (including phenoxy) is 2. The molecule has 1 aliphatic heterocycles. The molecule has 6 nitrogen and oxygen atoms in total. The molecule has 0 aromatic heterocycles. The van der Waals surface area contributed by atoms with Gasteiger partial charge in [-0.1, -0.05) is 42.5 Å². The van der Waals surface area contributed by atoms with E-state index in [1.165, 1.54) is 0 Å². The van der Waals surface area contributed by atoms with E-state index in [2.05, 4.69) is 0 Å². The topological polar surface area (TPSA) is 76.1 Å². The zero-order valence-corrected chi connectivity index (χ0v) is 15.5. The number of morpholine rings is 1.